The minimum absolute atomic E-state index is 0.236. The van der Waals surface area contributed by atoms with Gasteiger partial charge in [0.25, 0.3) is 0 Å². The number of aliphatic carboxylic acids is 1. The summed E-state index contributed by atoms with van der Waals surface area (Å²) in [5.74, 6) is -0.701. The van der Waals surface area contributed by atoms with Crippen LogP contribution in [0.2, 0.25) is 0 Å². The highest BCUT2D eigenvalue weighted by molar-refractivity contribution is 7.80. The van der Waals surface area contributed by atoms with Crippen LogP contribution in [-0.2, 0) is 4.79 Å². The van der Waals surface area contributed by atoms with Crippen LogP contribution in [0.15, 0.2) is 12.4 Å². The molecule has 0 amide bonds. The summed E-state index contributed by atoms with van der Waals surface area (Å²) in [6.07, 6.45) is 2.61. The van der Waals surface area contributed by atoms with E-state index < -0.39 is 12.0 Å². The SMILES string of the molecule is NC=CNC(CS)C(=O)O. The van der Waals surface area contributed by atoms with Crippen LogP contribution in [0.5, 0.6) is 0 Å². The third kappa shape index (κ3) is 3.24. The number of carboxylic acid groups (broad SMARTS) is 1. The lowest BCUT2D eigenvalue weighted by atomic mass is 10.3. The zero-order chi connectivity index (χ0) is 7.98. The number of nitrogens with one attached hydrogen (secondary N) is 1. The van der Waals surface area contributed by atoms with Gasteiger partial charge < -0.3 is 16.2 Å². The normalized spacial score (nSPS) is 13.3. The van der Waals surface area contributed by atoms with Gasteiger partial charge in [0, 0.05) is 18.2 Å². The standard InChI is InChI=1S/C5H10N2O2S/c6-1-2-7-4(3-10)5(8)9/h1-2,4,7,10H,3,6H2,(H,8,9). The molecule has 1 unspecified atom stereocenters. The molecule has 5 heteroatoms. The predicted molar refractivity (Wildman–Crippen MR) is 41.7 cm³/mol. The van der Waals surface area contributed by atoms with E-state index in [0.29, 0.717) is 0 Å². The van der Waals surface area contributed by atoms with Crippen LogP contribution in [0.1, 0.15) is 0 Å². The molecule has 0 aliphatic heterocycles. The molecule has 0 aromatic heterocycles. The van der Waals surface area contributed by atoms with Gasteiger partial charge in [-0.25, -0.2) is 4.79 Å². The minimum atomic E-state index is -0.937. The monoisotopic (exact) mass is 162 g/mol. The summed E-state index contributed by atoms with van der Waals surface area (Å²) >= 11 is 3.81. The molecular weight excluding hydrogens is 152 g/mol. The Hall–Kier alpha value is -0.840. The number of hydrogen-bond donors (Lipinski definition) is 4. The lowest BCUT2D eigenvalue weighted by Gasteiger charge is -2.07. The zero-order valence-corrected chi connectivity index (χ0v) is 6.21. The van der Waals surface area contributed by atoms with E-state index in [2.05, 4.69) is 17.9 Å². The Morgan fingerprint density at radius 3 is 2.80 bits per heavy atom. The molecule has 0 aliphatic carbocycles. The largest absolute Gasteiger partial charge is 0.480 e. The Morgan fingerprint density at radius 2 is 2.50 bits per heavy atom. The molecule has 0 saturated heterocycles. The molecule has 0 spiro atoms. The highest BCUT2D eigenvalue weighted by Crippen LogP contribution is 1.86. The Morgan fingerprint density at radius 1 is 1.90 bits per heavy atom. The highest BCUT2D eigenvalue weighted by atomic mass is 32.1. The smallest absolute Gasteiger partial charge is 0.326 e. The van der Waals surface area contributed by atoms with Crippen LogP contribution in [0, 0.1) is 0 Å². The summed E-state index contributed by atoms with van der Waals surface area (Å²) in [7, 11) is 0. The molecule has 0 saturated carbocycles. The van der Waals surface area contributed by atoms with Crippen LogP contribution < -0.4 is 11.1 Å². The van der Waals surface area contributed by atoms with Gasteiger partial charge in [0.1, 0.15) is 6.04 Å². The molecule has 0 bridgehead atoms. The first-order valence-electron chi connectivity index (χ1n) is 2.68. The van der Waals surface area contributed by atoms with Gasteiger partial charge in [-0.05, 0) is 0 Å². The van der Waals surface area contributed by atoms with Crippen LogP contribution in [0.4, 0.5) is 0 Å². The van der Waals surface area contributed by atoms with Gasteiger partial charge in [-0.3, -0.25) is 0 Å². The summed E-state index contributed by atoms with van der Waals surface area (Å²) in [5, 5.41) is 11.0. The average Bonchev–Trinajstić information content (AvgIpc) is 1.89. The molecule has 1 atom stereocenters. The van der Waals surface area contributed by atoms with Crippen molar-refractivity contribution in [2.45, 2.75) is 6.04 Å². The van der Waals surface area contributed by atoms with Gasteiger partial charge in [-0.15, -0.1) is 0 Å². The van der Waals surface area contributed by atoms with Crippen molar-refractivity contribution in [3.05, 3.63) is 12.4 Å². The Kier molecular flexibility index (Phi) is 4.57. The predicted octanol–water partition coefficient (Wildman–Crippen LogP) is -0.611. The van der Waals surface area contributed by atoms with Crippen molar-refractivity contribution in [1.82, 2.24) is 5.32 Å². The second-order valence-corrected chi connectivity index (χ2v) is 1.96. The minimum Gasteiger partial charge on any atom is -0.480 e. The maximum absolute atomic E-state index is 10.3. The topological polar surface area (TPSA) is 75.3 Å². The second kappa shape index (κ2) is 4.99. The maximum Gasteiger partial charge on any atom is 0.326 e. The van der Waals surface area contributed by atoms with Gasteiger partial charge in [0.15, 0.2) is 0 Å². The number of hydrogen-bond acceptors (Lipinski definition) is 4. The summed E-state index contributed by atoms with van der Waals surface area (Å²) in [4.78, 5) is 10.3. The van der Waals surface area contributed by atoms with Gasteiger partial charge in [0.05, 0.1) is 0 Å². The fraction of sp³-hybridized carbons (Fsp3) is 0.400. The fourth-order valence-corrected chi connectivity index (χ4v) is 0.635. The van der Waals surface area contributed by atoms with E-state index in [9.17, 15) is 4.79 Å². The lowest BCUT2D eigenvalue weighted by Crippen LogP contribution is -2.34. The first kappa shape index (κ1) is 9.16. The van der Waals surface area contributed by atoms with Crippen LogP contribution in [0.3, 0.4) is 0 Å². The highest BCUT2D eigenvalue weighted by Gasteiger charge is 2.11. The van der Waals surface area contributed by atoms with E-state index >= 15 is 0 Å². The van der Waals surface area contributed by atoms with Gasteiger partial charge in [0.2, 0.25) is 0 Å². The Balaban J connectivity index is 3.71. The number of thiol groups is 1. The van der Waals surface area contributed by atoms with Gasteiger partial charge >= 0.3 is 5.97 Å². The van der Waals surface area contributed by atoms with E-state index in [1.807, 2.05) is 0 Å². The quantitative estimate of drug-likeness (QED) is 0.416. The first-order chi connectivity index (χ1) is 4.72. The van der Waals surface area contributed by atoms with Crippen LogP contribution in [-0.4, -0.2) is 22.9 Å². The summed E-state index contributed by atoms with van der Waals surface area (Å²) in [5.41, 5.74) is 4.97. The molecule has 4 nitrogen and oxygen atoms in total. The third-order valence-corrected chi connectivity index (χ3v) is 1.24. The van der Waals surface area contributed by atoms with Crippen LogP contribution >= 0.6 is 12.6 Å². The summed E-state index contributed by atoms with van der Waals surface area (Å²) in [6.45, 7) is 0. The first-order valence-corrected chi connectivity index (χ1v) is 3.32. The molecule has 0 aromatic carbocycles. The van der Waals surface area contributed by atoms with Crippen molar-refractivity contribution in [3.8, 4) is 0 Å². The number of nitrogens with two attached hydrogens (primary N) is 1. The van der Waals surface area contributed by atoms with Crippen molar-refractivity contribution in [1.29, 1.82) is 0 Å². The fourth-order valence-electron chi connectivity index (χ4n) is 0.374. The van der Waals surface area contributed by atoms with Gasteiger partial charge in [-0.2, -0.15) is 12.6 Å². The van der Waals surface area contributed by atoms with Crippen molar-refractivity contribution in [3.63, 3.8) is 0 Å². The molecule has 0 radical (unpaired) electrons. The third-order valence-electron chi connectivity index (χ3n) is 0.874. The zero-order valence-electron chi connectivity index (χ0n) is 5.32. The maximum atomic E-state index is 10.3. The number of rotatable bonds is 4. The van der Waals surface area contributed by atoms with Crippen molar-refractivity contribution in [2.24, 2.45) is 5.73 Å². The van der Waals surface area contributed by atoms with E-state index in [1.54, 1.807) is 0 Å². The summed E-state index contributed by atoms with van der Waals surface area (Å²) in [6, 6.07) is -0.664. The number of carbonyl (C=O) groups is 1. The van der Waals surface area contributed by atoms with Crippen LogP contribution in [0.25, 0.3) is 0 Å². The average molecular weight is 162 g/mol. The lowest BCUT2D eigenvalue weighted by molar-refractivity contribution is -0.138. The second-order valence-electron chi connectivity index (χ2n) is 1.60. The molecule has 58 valence electrons. The summed E-state index contributed by atoms with van der Waals surface area (Å²) < 4.78 is 0. The van der Waals surface area contributed by atoms with E-state index in [1.165, 1.54) is 12.4 Å². The molecule has 10 heavy (non-hydrogen) atoms. The van der Waals surface area contributed by atoms with E-state index in [0.717, 1.165) is 0 Å². The van der Waals surface area contributed by atoms with Gasteiger partial charge in [-0.1, -0.05) is 0 Å². The van der Waals surface area contributed by atoms with E-state index in [-0.39, 0.29) is 5.75 Å². The molecule has 0 heterocycles. The Labute approximate surface area is 64.5 Å². The van der Waals surface area contributed by atoms with Crippen molar-refractivity contribution in [2.75, 3.05) is 5.75 Å². The Bertz CT molecular complexity index is 138. The molecule has 0 rings (SSSR count). The van der Waals surface area contributed by atoms with Crippen molar-refractivity contribution < 1.29 is 9.90 Å². The molecular formula is C5H10N2O2S. The molecule has 0 fully saturated rings. The molecule has 0 aromatic rings. The molecule has 4 N–H and O–H groups in total. The van der Waals surface area contributed by atoms with Crippen molar-refractivity contribution >= 4 is 18.6 Å². The van der Waals surface area contributed by atoms with E-state index in [4.69, 9.17) is 10.8 Å². The molecule has 0 aliphatic rings. The number of carboxylic acids is 1.